The average molecular weight is 377 g/mol. The highest BCUT2D eigenvalue weighted by molar-refractivity contribution is 5.97. The summed E-state index contributed by atoms with van der Waals surface area (Å²) < 4.78 is 13.2. The van der Waals surface area contributed by atoms with Crippen molar-refractivity contribution in [1.82, 2.24) is 14.9 Å². The second kappa shape index (κ2) is 6.67. The molecule has 2 aliphatic rings. The van der Waals surface area contributed by atoms with Gasteiger partial charge in [0.1, 0.15) is 18.5 Å². The molecule has 0 spiro atoms. The Hall–Kier alpha value is -3.35. The van der Waals surface area contributed by atoms with Gasteiger partial charge < -0.3 is 14.8 Å². The number of rotatable bonds is 3. The number of aryl methyl sites for hydroxylation is 1. The van der Waals surface area contributed by atoms with Gasteiger partial charge in [0.15, 0.2) is 11.5 Å². The standard InChI is InChI=1S/C21H19N3O4/c25-20(22-11-14-12-27-17-4-1-2-5-18(17)28-14)13-7-8-15-16(10-13)23-19-6-3-9-24(19)21(15)26/h1-2,4-5,7-8,10,14H,3,6,9,11-12H2,(H,22,25)/t14-/m1/s1. The van der Waals surface area contributed by atoms with Crippen LogP contribution in [0.25, 0.3) is 10.9 Å². The summed E-state index contributed by atoms with van der Waals surface area (Å²) in [5, 5.41) is 3.42. The molecule has 0 unspecified atom stereocenters. The minimum atomic E-state index is -0.259. The van der Waals surface area contributed by atoms with E-state index in [-0.39, 0.29) is 17.6 Å². The Morgan fingerprint density at radius 1 is 1.21 bits per heavy atom. The molecule has 7 nitrogen and oxygen atoms in total. The van der Waals surface area contributed by atoms with Gasteiger partial charge in [-0.15, -0.1) is 0 Å². The molecular formula is C21H19N3O4. The number of carbonyl (C=O) groups excluding carboxylic acids is 1. The number of hydrogen-bond acceptors (Lipinski definition) is 5. The third-order valence-electron chi connectivity index (χ3n) is 5.14. The summed E-state index contributed by atoms with van der Waals surface area (Å²) in [6.07, 6.45) is 1.46. The number of nitrogens with zero attached hydrogens (tertiary/aromatic N) is 2. The number of fused-ring (bicyclic) bond motifs is 3. The molecule has 1 atom stereocenters. The minimum absolute atomic E-state index is 0.0316. The van der Waals surface area contributed by atoms with Crippen molar-refractivity contribution in [2.24, 2.45) is 0 Å². The van der Waals surface area contributed by atoms with Crippen LogP contribution in [-0.4, -0.2) is 34.7 Å². The maximum absolute atomic E-state index is 12.6. The summed E-state index contributed by atoms with van der Waals surface area (Å²) in [5.74, 6) is 1.95. The normalized spacial score (nSPS) is 17.4. The van der Waals surface area contributed by atoms with Crippen LogP contribution in [0.5, 0.6) is 11.5 Å². The van der Waals surface area contributed by atoms with Crippen LogP contribution in [-0.2, 0) is 13.0 Å². The van der Waals surface area contributed by atoms with Crippen molar-refractivity contribution in [3.63, 3.8) is 0 Å². The molecule has 0 saturated carbocycles. The SMILES string of the molecule is O=C(NC[C@@H]1COc2ccccc2O1)c1ccc2c(=O)n3c(nc2c1)CCC3. The van der Waals surface area contributed by atoms with E-state index in [0.717, 1.165) is 18.7 Å². The van der Waals surface area contributed by atoms with Crippen molar-refractivity contribution in [1.29, 1.82) is 0 Å². The number of aromatic nitrogens is 2. The van der Waals surface area contributed by atoms with Gasteiger partial charge in [-0.05, 0) is 36.8 Å². The van der Waals surface area contributed by atoms with Gasteiger partial charge in [-0.1, -0.05) is 12.1 Å². The second-order valence-electron chi connectivity index (χ2n) is 7.03. The van der Waals surface area contributed by atoms with Crippen LogP contribution >= 0.6 is 0 Å². The van der Waals surface area contributed by atoms with Gasteiger partial charge in [0, 0.05) is 18.5 Å². The van der Waals surface area contributed by atoms with Gasteiger partial charge in [-0.25, -0.2) is 4.98 Å². The predicted molar refractivity (Wildman–Crippen MR) is 103 cm³/mol. The van der Waals surface area contributed by atoms with Gasteiger partial charge in [0.25, 0.3) is 11.5 Å². The molecule has 1 amide bonds. The molecule has 0 saturated heterocycles. The van der Waals surface area contributed by atoms with E-state index in [9.17, 15) is 9.59 Å². The highest BCUT2D eigenvalue weighted by Gasteiger charge is 2.22. The van der Waals surface area contributed by atoms with Crippen molar-refractivity contribution >= 4 is 16.8 Å². The molecule has 142 valence electrons. The van der Waals surface area contributed by atoms with Crippen molar-refractivity contribution < 1.29 is 14.3 Å². The highest BCUT2D eigenvalue weighted by atomic mass is 16.6. The number of benzene rings is 2. The molecule has 0 fully saturated rings. The Morgan fingerprint density at radius 2 is 2.07 bits per heavy atom. The molecule has 3 heterocycles. The number of para-hydroxylation sites is 2. The van der Waals surface area contributed by atoms with E-state index in [4.69, 9.17) is 9.47 Å². The maximum Gasteiger partial charge on any atom is 0.261 e. The van der Waals surface area contributed by atoms with Crippen molar-refractivity contribution in [3.05, 3.63) is 64.2 Å². The van der Waals surface area contributed by atoms with E-state index in [1.807, 2.05) is 24.3 Å². The number of hydrogen-bond donors (Lipinski definition) is 1. The van der Waals surface area contributed by atoms with Crippen molar-refractivity contribution in [3.8, 4) is 11.5 Å². The fourth-order valence-corrected chi connectivity index (χ4v) is 3.70. The van der Waals surface area contributed by atoms with Gasteiger partial charge >= 0.3 is 0 Å². The van der Waals surface area contributed by atoms with Crippen LogP contribution in [0.15, 0.2) is 47.3 Å². The van der Waals surface area contributed by atoms with E-state index in [1.165, 1.54) is 0 Å². The zero-order valence-corrected chi connectivity index (χ0v) is 15.2. The Labute approximate surface area is 160 Å². The Kier molecular flexibility index (Phi) is 4.00. The zero-order valence-electron chi connectivity index (χ0n) is 15.2. The first-order valence-electron chi connectivity index (χ1n) is 9.39. The van der Waals surface area contributed by atoms with E-state index in [2.05, 4.69) is 10.3 Å². The lowest BCUT2D eigenvalue weighted by Crippen LogP contribution is -2.40. The van der Waals surface area contributed by atoms with E-state index >= 15 is 0 Å². The summed E-state index contributed by atoms with van der Waals surface area (Å²) in [5.41, 5.74) is 1.01. The van der Waals surface area contributed by atoms with Crippen molar-refractivity contribution in [2.45, 2.75) is 25.5 Å². The Morgan fingerprint density at radius 3 is 2.96 bits per heavy atom. The summed E-state index contributed by atoms with van der Waals surface area (Å²) in [6, 6.07) is 12.5. The number of nitrogens with one attached hydrogen (secondary N) is 1. The molecule has 0 radical (unpaired) electrons. The minimum Gasteiger partial charge on any atom is -0.486 e. The molecule has 1 N–H and O–H groups in total. The van der Waals surface area contributed by atoms with Gasteiger partial charge in [0.2, 0.25) is 0 Å². The molecule has 3 aromatic rings. The molecular weight excluding hydrogens is 358 g/mol. The lowest BCUT2D eigenvalue weighted by Gasteiger charge is -2.26. The van der Waals surface area contributed by atoms with Crippen LogP contribution < -0.4 is 20.3 Å². The first kappa shape index (κ1) is 16.8. The fraction of sp³-hybridized carbons (Fsp3) is 0.286. The maximum atomic E-state index is 12.6. The van der Waals surface area contributed by atoms with Crippen LogP contribution in [0.3, 0.4) is 0 Å². The molecule has 2 aliphatic heterocycles. The quantitative estimate of drug-likeness (QED) is 0.754. The predicted octanol–water partition coefficient (Wildman–Crippen LogP) is 1.91. The first-order chi connectivity index (χ1) is 13.7. The topological polar surface area (TPSA) is 82.5 Å². The largest absolute Gasteiger partial charge is 0.486 e. The summed E-state index contributed by atoms with van der Waals surface area (Å²) in [6.45, 7) is 1.41. The van der Waals surface area contributed by atoms with Gasteiger partial charge in [-0.2, -0.15) is 0 Å². The molecule has 2 aromatic carbocycles. The van der Waals surface area contributed by atoms with Crippen molar-refractivity contribution in [2.75, 3.05) is 13.2 Å². The lowest BCUT2D eigenvalue weighted by atomic mass is 10.1. The Balaban J connectivity index is 1.31. The fourth-order valence-electron chi connectivity index (χ4n) is 3.70. The smallest absolute Gasteiger partial charge is 0.261 e. The molecule has 0 aliphatic carbocycles. The number of ether oxygens (including phenoxy) is 2. The second-order valence-corrected chi connectivity index (χ2v) is 7.03. The Bertz CT molecular complexity index is 1140. The third-order valence-corrected chi connectivity index (χ3v) is 5.14. The molecule has 5 rings (SSSR count). The third kappa shape index (κ3) is 2.89. The van der Waals surface area contributed by atoms with E-state index in [0.29, 0.717) is 47.7 Å². The monoisotopic (exact) mass is 377 g/mol. The molecule has 28 heavy (non-hydrogen) atoms. The van der Waals surface area contributed by atoms with Gasteiger partial charge in [0.05, 0.1) is 17.4 Å². The lowest BCUT2D eigenvalue weighted by molar-refractivity contribution is 0.0789. The summed E-state index contributed by atoms with van der Waals surface area (Å²) >= 11 is 0. The molecule has 1 aromatic heterocycles. The molecule has 0 bridgehead atoms. The summed E-state index contributed by atoms with van der Waals surface area (Å²) in [7, 11) is 0. The zero-order chi connectivity index (χ0) is 19.1. The van der Waals surface area contributed by atoms with Crippen LogP contribution in [0.2, 0.25) is 0 Å². The number of amides is 1. The van der Waals surface area contributed by atoms with E-state index in [1.54, 1.807) is 22.8 Å². The van der Waals surface area contributed by atoms with Gasteiger partial charge in [-0.3, -0.25) is 14.2 Å². The van der Waals surface area contributed by atoms with E-state index < -0.39 is 0 Å². The molecule has 7 heteroatoms. The highest BCUT2D eigenvalue weighted by Crippen LogP contribution is 2.30. The summed E-state index contributed by atoms with van der Waals surface area (Å²) in [4.78, 5) is 29.7. The van der Waals surface area contributed by atoms with Crippen LogP contribution in [0.1, 0.15) is 22.6 Å². The van der Waals surface area contributed by atoms with Crippen LogP contribution in [0, 0.1) is 0 Å². The number of carbonyl (C=O) groups is 1. The average Bonchev–Trinajstić information content (AvgIpc) is 3.20. The first-order valence-corrected chi connectivity index (χ1v) is 9.39. The van der Waals surface area contributed by atoms with Crippen LogP contribution in [0.4, 0.5) is 0 Å².